The molecule has 1 saturated heterocycles. The molecule has 2 rings (SSSR count). The first-order valence-corrected chi connectivity index (χ1v) is 8.82. The van der Waals surface area contributed by atoms with Gasteiger partial charge in [0.1, 0.15) is 0 Å². The molecule has 7 nitrogen and oxygen atoms in total. The van der Waals surface area contributed by atoms with Crippen LogP contribution in [0.1, 0.15) is 18.9 Å². The number of aromatic nitrogens is 2. The van der Waals surface area contributed by atoms with Crippen molar-refractivity contribution in [2.24, 2.45) is 0 Å². The maximum absolute atomic E-state index is 11.7. The summed E-state index contributed by atoms with van der Waals surface area (Å²) in [6.07, 6.45) is 2.72. The van der Waals surface area contributed by atoms with Gasteiger partial charge in [0.25, 0.3) is 5.56 Å². The van der Waals surface area contributed by atoms with Gasteiger partial charge in [-0.3, -0.25) is 9.59 Å². The first-order valence-electron chi connectivity index (χ1n) is 6.01. The van der Waals surface area contributed by atoms with Crippen LogP contribution < -0.4 is 5.56 Å². The number of aliphatic carboxylic acids is 1. The van der Waals surface area contributed by atoms with Gasteiger partial charge in [-0.15, -0.1) is 0 Å². The molecule has 1 atom stereocenters. The molecule has 0 radical (unpaired) electrons. The number of nitrogens with zero attached hydrogens (tertiary/aromatic N) is 2. The fraction of sp³-hybridized carbons (Fsp3) is 0.545. The second kappa shape index (κ2) is 5.96. The van der Waals surface area contributed by atoms with E-state index < -0.39 is 21.4 Å². The molecule has 9 heteroatoms. The van der Waals surface area contributed by atoms with Gasteiger partial charge in [0.2, 0.25) is 0 Å². The van der Waals surface area contributed by atoms with E-state index in [1.165, 1.54) is 12.3 Å². The van der Waals surface area contributed by atoms with Crippen LogP contribution in [0.4, 0.5) is 0 Å². The van der Waals surface area contributed by atoms with Gasteiger partial charge in [-0.1, -0.05) is 11.8 Å². The Kier molecular flexibility index (Phi) is 4.48. The lowest BCUT2D eigenvalue weighted by Crippen LogP contribution is -2.29. The molecule has 110 valence electrons. The highest BCUT2D eigenvalue weighted by Gasteiger charge is 2.27. The van der Waals surface area contributed by atoms with Crippen molar-refractivity contribution in [1.29, 1.82) is 0 Å². The number of hydrogen-bond acceptors (Lipinski definition) is 6. The Morgan fingerprint density at radius 1 is 1.55 bits per heavy atom. The molecule has 0 saturated carbocycles. The largest absolute Gasteiger partial charge is 0.481 e. The number of carboxylic acid groups (broad SMARTS) is 1. The van der Waals surface area contributed by atoms with Crippen LogP contribution in [0, 0.1) is 0 Å². The molecule has 1 aromatic rings. The first kappa shape index (κ1) is 15.0. The second-order valence-electron chi connectivity index (χ2n) is 4.55. The summed E-state index contributed by atoms with van der Waals surface area (Å²) >= 11 is 0.921. The number of carbonyl (C=O) groups is 1. The minimum atomic E-state index is -3.09. The van der Waals surface area contributed by atoms with Crippen molar-refractivity contribution in [3.63, 3.8) is 0 Å². The lowest BCUT2D eigenvalue weighted by Gasteiger charge is -2.26. The molecular formula is C11H14N2O5S2. The molecule has 0 aliphatic carbocycles. The predicted octanol–water partition coefficient (Wildman–Crippen LogP) is 0.170. The molecule has 1 N–H and O–H groups in total. The highest BCUT2D eigenvalue weighted by molar-refractivity contribution is 7.99. The number of thioether (sulfide) groups is 1. The summed E-state index contributed by atoms with van der Waals surface area (Å²) in [5.41, 5.74) is -0.465. The van der Waals surface area contributed by atoms with Crippen LogP contribution >= 0.6 is 11.8 Å². The predicted molar refractivity (Wildman–Crippen MR) is 73.8 cm³/mol. The fourth-order valence-electron chi connectivity index (χ4n) is 2.13. The van der Waals surface area contributed by atoms with Gasteiger partial charge in [0, 0.05) is 18.3 Å². The van der Waals surface area contributed by atoms with Crippen molar-refractivity contribution in [3.8, 4) is 0 Å². The van der Waals surface area contributed by atoms with Gasteiger partial charge in [-0.05, 0) is 12.8 Å². The second-order valence-corrected chi connectivity index (χ2v) is 7.72. The first-order chi connectivity index (χ1) is 9.37. The lowest BCUT2D eigenvalue weighted by atomic mass is 10.2. The third-order valence-corrected chi connectivity index (χ3v) is 5.72. The van der Waals surface area contributed by atoms with Gasteiger partial charge in [-0.25, -0.2) is 8.42 Å². The molecule has 2 heterocycles. The molecule has 1 aliphatic rings. The fourth-order valence-corrected chi connectivity index (χ4v) is 4.58. The van der Waals surface area contributed by atoms with E-state index in [0.29, 0.717) is 12.8 Å². The monoisotopic (exact) mass is 318 g/mol. The normalized spacial score (nSPS) is 21.5. The molecule has 0 aromatic carbocycles. The summed E-state index contributed by atoms with van der Waals surface area (Å²) in [6, 6.07) is 0.963. The molecule has 1 fully saturated rings. The van der Waals surface area contributed by atoms with Crippen molar-refractivity contribution >= 4 is 27.6 Å². The molecule has 1 aliphatic heterocycles. The number of hydrogen-bond donors (Lipinski definition) is 1. The Labute approximate surface area is 119 Å². The van der Waals surface area contributed by atoms with E-state index in [-0.39, 0.29) is 28.5 Å². The van der Waals surface area contributed by atoms with Crippen LogP contribution in [0.25, 0.3) is 0 Å². The average molecular weight is 318 g/mol. The van der Waals surface area contributed by atoms with E-state index in [2.05, 4.69) is 4.98 Å². The van der Waals surface area contributed by atoms with Crippen LogP contribution in [0.15, 0.2) is 22.2 Å². The molecular weight excluding hydrogens is 304 g/mol. The summed E-state index contributed by atoms with van der Waals surface area (Å²) in [6.45, 7) is 0. The van der Waals surface area contributed by atoms with E-state index in [0.717, 1.165) is 11.8 Å². The highest BCUT2D eigenvalue weighted by atomic mass is 32.2. The quantitative estimate of drug-likeness (QED) is 0.623. The Balaban J connectivity index is 2.30. The van der Waals surface area contributed by atoms with Crippen LogP contribution in [-0.2, 0) is 14.6 Å². The van der Waals surface area contributed by atoms with Crippen LogP contribution in [0.2, 0.25) is 0 Å². The van der Waals surface area contributed by atoms with E-state index >= 15 is 0 Å². The summed E-state index contributed by atoms with van der Waals surface area (Å²) < 4.78 is 25.0. The third kappa shape index (κ3) is 3.83. The minimum absolute atomic E-state index is 0.00180. The Bertz CT molecular complexity index is 668. The van der Waals surface area contributed by atoms with E-state index in [4.69, 9.17) is 5.11 Å². The van der Waals surface area contributed by atoms with Crippen LogP contribution in [0.5, 0.6) is 0 Å². The van der Waals surface area contributed by atoms with Gasteiger partial charge >= 0.3 is 5.97 Å². The van der Waals surface area contributed by atoms with Gasteiger partial charge in [0.05, 0.1) is 17.3 Å². The average Bonchev–Trinajstić information content (AvgIpc) is 2.35. The van der Waals surface area contributed by atoms with Crippen molar-refractivity contribution < 1.29 is 18.3 Å². The number of carboxylic acids is 1. The molecule has 0 bridgehead atoms. The standard InChI is InChI=1S/C11H14N2O5S2/c14-9-3-4-13(11(12-9)19-6-10(15)16)8-2-1-5-20(17,18)7-8/h3-4,8H,1-2,5-7H2,(H,15,16). The van der Waals surface area contributed by atoms with Gasteiger partial charge < -0.3 is 9.67 Å². The summed E-state index contributed by atoms with van der Waals surface area (Å²) in [7, 11) is -3.09. The van der Waals surface area contributed by atoms with Crippen molar-refractivity contribution in [2.75, 3.05) is 17.3 Å². The van der Waals surface area contributed by atoms with Crippen LogP contribution in [0.3, 0.4) is 0 Å². The van der Waals surface area contributed by atoms with E-state index in [1.54, 1.807) is 4.57 Å². The van der Waals surface area contributed by atoms with E-state index in [1.807, 2.05) is 0 Å². The molecule has 0 amide bonds. The maximum atomic E-state index is 11.7. The van der Waals surface area contributed by atoms with Crippen molar-refractivity contribution in [3.05, 3.63) is 22.6 Å². The summed E-state index contributed by atoms with van der Waals surface area (Å²) in [4.78, 5) is 25.7. The van der Waals surface area contributed by atoms with Gasteiger partial charge in [-0.2, -0.15) is 4.98 Å². The minimum Gasteiger partial charge on any atom is -0.481 e. The highest BCUT2D eigenvalue weighted by Crippen LogP contribution is 2.26. The smallest absolute Gasteiger partial charge is 0.313 e. The third-order valence-electron chi connectivity index (χ3n) is 2.96. The van der Waals surface area contributed by atoms with Crippen LogP contribution in [-0.4, -0.2) is 46.3 Å². The SMILES string of the molecule is O=C(O)CSc1nc(=O)ccn1C1CCCS(=O)(=O)C1. The number of sulfone groups is 1. The summed E-state index contributed by atoms with van der Waals surface area (Å²) in [5.74, 6) is -1.07. The summed E-state index contributed by atoms with van der Waals surface area (Å²) in [5, 5.41) is 8.95. The lowest BCUT2D eigenvalue weighted by molar-refractivity contribution is -0.133. The Hall–Kier alpha value is -1.35. The molecule has 1 aromatic heterocycles. The van der Waals surface area contributed by atoms with Crippen molar-refractivity contribution in [2.45, 2.75) is 24.0 Å². The van der Waals surface area contributed by atoms with Crippen molar-refractivity contribution in [1.82, 2.24) is 9.55 Å². The maximum Gasteiger partial charge on any atom is 0.313 e. The van der Waals surface area contributed by atoms with E-state index in [9.17, 15) is 18.0 Å². The zero-order chi connectivity index (χ0) is 14.8. The molecule has 0 spiro atoms. The molecule has 20 heavy (non-hydrogen) atoms. The topological polar surface area (TPSA) is 106 Å². The zero-order valence-corrected chi connectivity index (χ0v) is 12.2. The Morgan fingerprint density at radius 2 is 2.30 bits per heavy atom. The Morgan fingerprint density at radius 3 is 2.95 bits per heavy atom. The van der Waals surface area contributed by atoms with Gasteiger partial charge in [0.15, 0.2) is 15.0 Å². The zero-order valence-electron chi connectivity index (χ0n) is 10.6. The molecule has 1 unspecified atom stereocenters. The number of rotatable bonds is 4.